The van der Waals surface area contributed by atoms with Crippen molar-refractivity contribution < 1.29 is 9.53 Å². The van der Waals surface area contributed by atoms with Gasteiger partial charge in [-0.3, -0.25) is 4.99 Å². The molecule has 6 heteroatoms. The van der Waals surface area contributed by atoms with Gasteiger partial charge in [0.25, 0.3) is 0 Å². The van der Waals surface area contributed by atoms with Crippen LogP contribution in [-0.2, 0) is 4.74 Å². The number of amides is 1. The Bertz CT molecular complexity index is 452. The molecule has 2 N–H and O–H groups in total. The summed E-state index contributed by atoms with van der Waals surface area (Å²) in [4.78, 5) is 18.7. The van der Waals surface area contributed by atoms with Crippen LogP contribution in [0.5, 0.6) is 0 Å². The quantitative estimate of drug-likeness (QED) is 0.610. The molecule has 0 aromatic heterocycles. The smallest absolute Gasteiger partial charge is 0.407 e. The van der Waals surface area contributed by atoms with Gasteiger partial charge in [0.1, 0.15) is 5.60 Å². The minimum Gasteiger partial charge on any atom is -0.444 e. The number of ether oxygens (including phenoxy) is 1. The zero-order chi connectivity index (χ0) is 18.5. The number of alkyl carbamates (subject to hydrolysis) is 1. The van der Waals surface area contributed by atoms with Gasteiger partial charge in [-0.2, -0.15) is 0 Å². The maximum atomic E-state index is 12.0. The Balaban J connectivity index is 2.58. The second-order valence-corrected chi connectivity index (χ2v) is 8.76. The van der Waals surface area contributed by atoms with Gasteiger partial charge in [-0.05, 0) is 38.5 Å². The Morgan fingerprint density at radius 3 is 2.38 bits per heavy atom. The third-order valence-electron chi connectivity index (χ3n) is 4.18. The molecule has 1 unspecified atom stereocenters. The lowest BCUT2D eigenvalue weighted by molar-refractivity contribution is 0.0491. The second kappa shape index (κ2) is 8.08. The third kappa shape index (κ3) is 6.97. The molecule has 1 heterocycles. The summed E-state index contributed by atoms with van der Waals surface area (Å²) in [7, 11) is 1.80. The minimum absolute atomic E-state index is 0.0211. The zero-order valence-corrected chi connectivity index (χ0v) is 16.7. The summed E-state index contributed by atoms with van der Waals surface area (Å²) in [6, 6.07) is -0.0211. The highest BCUT2D eigenvalue weighted by atomic mass is 16.6. The van der Waals surface area contributed by atoms with E-state index < -0.39 is 5.60 Å². The number of hydrogen-bond donors (Lipinski definition) is 2. The summed E-state index contributed by atoms with van der Waals surface area (Å²) in [5.74, 6) is 1.19. The van der Waals surface area contributed by atoms with E-state index in [0.29, 0.717) is 12.0 Å². The molecule has 1 rings (SSSR count). The van der Waals surface area contributed by atoms with Gasteiger partial charge in [-0.15, -0.1) is 0 Å². The van der Waals surface area contributed by atoms with Gasteiger partial charge in [0, 0.05) is 26.7 Å². The molecule has 1 fully saturated rings. The Morgan fingerprint density at radius 1 is 1.33 bits per heavy atom. The summed E-state index contributed by atoms with van der Waals surface area (Å²) in [5.41, 5.74) is -0.167. The summed E-state index contributed by atoms with van der Waals surface area (Å²) >= 11 is 0. The molecular formula is C18H36N4O2. The predicted molar refractivity (Wildman–Crippen MR) is 99.3 cm³/mol. The first-order valence-corrected chi connectivity index (χ1v) is 8.88. The molecule has 1 aliphatic heterocycles. The van der Waals surface area contributed by atoms with E-state index in [1.165, 1.54) is 0 Å². The molecule has 6 nitrogen and oxygen atoms in total. The molecule has 1 amide bonds. The Morgan fingerprint density at radius 2 is 1.96 bits per heavy atom. The lowest BCUT2D eigenvalue weighted by Gasteiger charge is -2.28. The maximum Gasteiger partial charge on any atom is 0.407 e. The molecule has 0 bridgehead atoms. The predicted octanol–water partition coefficient (Wildman–Crippen LogP) is 2.84. The van der Waals surface area contributed by atoms with Crippen molar-refractivity contribution in [3.05, 3.63) is 0 Å². The van der Waals surface area contributed by atoms with Gasteiger partial charge in [0.2, 0.25) is 0 Å². The van der Waals surface area contributed by atoms with Crippen molar-refractivity contribution in [2.24, 2.45) is 16.3 Å². The average molecular weight is 341 g/mol. The SMILES string of the molecule is CN=C(NCC(NC(=O)OC(C)(C)C)C(C)C)N1CCC(C)(C)C1. The Hall–Kier alpha value is -1.46. The first kappa shape index (κ1) is 20.6. The first-order chi connectivity index (χ1) is 10.9. The van der Waals surface area contributed by atoms with Crippen LogP contribution in [0.25, 0.3) is 0 Å². The van der Waals surface area contributed by atoms with Gasteiger partial charge in [0.15, 0.2) is 5.96 Å². The van der Waals surface area contributed by atoms with E-state index in [2.05, 4.69) is 48.2 Å². The van der Waals surface area contributed by atoms with Crippen LogP contribution in [0, 0.1) is 11.3 Å². The standard InChI is InChI=1S/C18H36N4O2/c1-13(2)14(21-16(23)24-17(3,4)5)11-20-15(19-8)22-10-9-18(6,7)12-22/h13-14H,9-12H2,1-8H3,(H,19,20)(H,21,23). The molecular weight excluding hydrogens is 304 g/mol. The van der Waals surface area contributed by atoms with Crippen LogP contribution in [0.3, 0.4) is 0 Å². The lowest BCUT2D eigenvalue weighted by atomic mass is 9.93. The fourth-order valence-electron chi connectivity index (χ4n) is 2.74. The van der Waals surface area contributed by atoms with E-state index >= 15 is 0 Å². The van der Waals surface area contributed by atoms with Crippen molar-refractivity contribution in [2.45, 2.75) is 66.5 Å². The van der Waals surface area contributed by atoms with E-state index in [4.69, 9.17) is 4.74 Å². The molecule has 0 saturated carbocycles. The third-order valence-corrected chi connectivity index (χ3v) is 4.18. The van der Waals surface area contributed by atoms with Crippen molar-refractivity contribution in [1.29, 1.82) is 0 Å². The zero-order valence-electron chi connectivity index (χ0n) is 16.7. The number of guanidine groups is 1. The molecule has 1 atom stereocenters. The molecule has 0 aromatic carbocycles. The van der Waals surface area contributed by atoms with Crippen molar-refractivity contribution in [1.82, 2.24) is 15.5 Å². The van der Waals surface area contributed by atoms with Crippen LogP contribution < -0.4 is 10.6 Å². The maximum absolute atomic E-state index is 12.0. The lowest BCUT2D eigenvalue weighted by Crippen LogP contribution is -2.50. The Labute approximate surface area is 147 Å². The molecule has 140 valence electrons. The van der Waals surface area contributed by atoms with Crippen molar-refractivity contribution >= 4 is 12.1 Å². The minimum atomic E-state index is -0.490. The topological polar surface area (TPSA) is 66.0 Å². The van der Waals surface area contributed by atoms with E-state index in [1.807, 2.05) is 20.8 Å². The fourth-order valence-corrected chi connectivity index (χ4v) is 2.74. The van der Waals surface area contributed by atoms with E-state index in [-0.39, 0.29) is 18.1 Å². The number of likely N-dealkylation sites (tertiary alicyclic amines) is 1. The van der Waals surface area contributed by atoms with Crippen LogP contribution in [-0.4, -0.2) is 55.3 Å². The summed E-state index contributed by atoms with van der Waals surface area (Å²) in [6.45, 7) is 17.0. The van der Waals surface area contributed by atoms with Gasteiger partial charge in [-0.1, -0.05) is 27.7 Å². The van der Waals surface area contributed by atoms with Crippen LogP contribution in [0.2, 0.25) is 0 Å². The second-order valence-electron chi connectivity index (χ2n) is 8.76. The van der Waals surface area contributed by atoms with Crippen LogP contribution in [0.1, 0.15) is 54.9 Å². The van der Waals surface area contributed by atoms with Gasteiger partial charge >= 0.3 is 6.09 Å². The highest BCUT2D eigenvalue weighted by Gasteiger charge is 2.31. The highest BCUT2D eigenvalue weighted by Crippen LogP contribution is 2.28. The summed E-state index contributed by atoms with van der Waals surface area (Å²) < 4.78 is 5.36. The number of rotatable bonds is 4. The van der Waals surface area contributed by atoms with Crippen LogP contribution in [0.4, 0.5) is 4.79 Å². The number of nitrogens with one attached hydrogen (secondary N) is 2. The highest BCUT2D eigenvalue weighted by molar-refractivity contribution is 5.80. The molecule has 1 aliphatic rings. The van der Waals surface area contributed by atoms with Gasteiger partial charge in [-0.25, -0.2) is 4.79 Å². The monoisotopic (exact) mass is 340 g/mol. The fraction of sp³-hybridized carbons (Fsp3) is 0.889. The molecule has 0 radical (unpaired) electrons. The first-order valence-electron chi connectivity index (χ1n) is 8.88. The number of aliphatic imine (C=N–C) groups is 1. The van der Waals surface area contributed by atoms with Gasteiger partial charge in [0.05, 0.1) is 6.04 Å². The van der Waals surface area contributed by atoms with E-state index in [0.717, 1.165) is 25.5 Å². The van der Waals surface area contributed by atoms with Crippen LogP contribution >= 0.6 is 0 Å². The van der Waals surface area contributed by atoms with Crippen molar-refractivity contribution in [2.75, 3.05) is 26.7 Å². The Kier molecular flexibility index (Phi) is 6.93. The molecule has 0 aromatic rings. The molecule has 24 heavy (non-hydrogen) atoms. The largest absolute Gasteiger partial charge is 0.444 e. The molecule has 0 spiro atoms. The average Bonchev–Trinajstić information content (AvgIpc) is 2.76. The van der Waals surface area contributed by atoms with Gasteiger partial charge < -0.3 is 20.3 Å². The summed E-state index contributed by atoms with van der Waals surface area (Å²) in [5, 5.41) is 6.37. The normalized spacial score (nSPS) is 19.4. The molecule has 0 aliphatic carbocycles. The van der Waals surface area contributed by atoms with Crippen molar-refractivity contribution in [3.63, 3.8) is 0 Å². The van der Waals surface area contributed by atoms with E-state index in [9.17, 15) is 4.79 Å². The number of nitrogens with zero attached hydrogens (tertiary/aromatic N) is 2. The number of carbonyl (C=O) groups is 1. The number of hydrogen-bond acceptors (Lipinski definition) is 3. The van der Waals surface area contributed by atoms with Crippen molar-refractivity contribution in [3.8, 4) is 0 Å². The van der Waals surface area contributed by atoms with Crippen LogP contribution in [0.15, 0.2) is 4.99 Å². The van der Waals surface area contributed by atoms with E-state index in [1.54, 1.807) is 7.05 Å². The molecule has 1 saturated heterocycles. The number of carbonyl (C=O) groups excluding carboxylic acids is 1. The summed E-state index contributed by atoms with van der Waals surface area (Å²) in [6.07, 6.45) is 0.789.